The lowest BCUT2D eigenvalue weighted by Crippen LogP contribution is -2.69. The number of hydrogen-bond acceptors (Lipinski definition) is 6. The zero-order chi connectivity index (χ0) is 28.5. The molecular formula is C25H30ClF3N4O5S. The van der Waals surface area contributed by atoms with E-state index in [0.717, 1.165) is 4.90 Å². The van der Waals surface area contributed by atoms with E-state index in [1.807, 2.05) is 0 Å². The summed E-state index contributed by atoms with van der Waals surface area (Å²) in [7, 11) is -4.25. The summed E-state index contributed by atoms with van der Waals surface area (Å²) in [4.78, 5) is 40.1. The third-order valence-electron chi connectivity index (χ3n) is 7.48. The second-order valence-corrected chi connectivity index (χ2v) is 12.7. The van der Waals surface area contributed by atoms with Crippen molar-refractivity contribution in [1.82, 2.24) is 15.5 Å². The molecule has 14 heteroatoms. The summed E-state index contributed by atoms with van der Waals surface area (Å²) < 4.78 is 67.7. The average molecular weight is 591 g/mol. The lowest BCUT2D eigenvalue weighted by atomic mass is 9.71. The second-order valence-electron chi connectivity index (χ2n) is 10.3. The van der Waals surface area contributed by atoms with Crippen LogP contribution in [0.1, 0.15) is 32.1 Å². The van der Waals surface area contributed by atoms with Crippen molar-refractivity contribution in [2.45, 2.75) is 56.2 Å². The van der Waals surface area contributed by atoms with Crippen LogP contribution < -0.4 is 16.0 Å². The summed E-state index contributed by atoms with van der Waals surface area (Å²) in [6.45, 7) is 0.0795. The van der Waals surface area contributed by atoms with Gasteiger partial charge in [-0.05, 0) is 50.0 Å². The van der Waals surface area contributed by atoms with Crippen molar-refractivity contribution in [2.75, 3.05) is 24.7 Å². The molecule has 0 unspecified atom stereocenters. The van der Waals surface area contributed by atoms with Gasteiger partial charge in [-0.1, -0.05) is 17.7 Å². The highest BCUT2D eigenvalue weighted by Crippen LogP contribution is 2.49. The van der Waals surface area contributed by atoms with Gasteiger partial charge in [0, 0.05) is 41.9 Å². The third kappa shape index (κ3) is 6.68. The van der Waals surface area contributed by atoms with Crippen LogP contribution in [-0.2, 0) is 24.2 Å². The fourth-order valence-corrected chi connectivity index (χ4v) is 6.23. The molecule has 5 rings (SSSR count). The highest BCUT2D eigenvalue weighted by Gasteiger charge is 2.60. The van der Waals surface area contributed by atoms with Crippen LogP contribution in [0.3, 0.4) is 0 Å². The molecule has 2 bridgehead atoms. The summed E-state index contributed by atoms with van der Waals surface area (Å²) in [6, 6.07) is 2.84. The predicted octanol–water partition coefficient (Wildman–Crippen LogP) is 2.63. The molecule has 9 nitrogen and oxygen atoms in total. The number of fused-ring (bicyclic) bond motifs is 3. The second kappa shape index (κ2) is 11.4. The van der Waals surface area contributed by atoms with Crippen LogP contribution in [0.4, 0.5) is 18.9 Å². The molecule has 4 aliphatic rings. The van der Waals surface area contributed by atoms with Crippen LogP contribution in [0.5, 0.6) is 0 Å². The number of halogens is 4. The largest absolute Gasteiger partial charge is 0.376 e. The zero-order valence-electron chi connectivity index (χ0n) is 21.1. The number of alkyl halides is 2. The first-order valence-electron chi connectivity index (χ1n) is 12.6. The Kier molecular flexibility index (Phi) is 8.50. The summed E-state index contributed by atoms with van der Waals surface area (Å²) in [5.74, 6) is -7.20. The highest BCUT2D eigenvalue weighted by molar-refractivity contribution is 7.94. The minimum Gasteiger partial charge on any atom is -0.376 e. The van der Waals surface area contributed by atoms with Crippen molar-refractivity contribution in [1.29, 1.82) is 0 Å². The number of sulfone groups is 1. The molecular weight excluding hydrogens is 561 g/mol. The van der Waals surface area contributed by atoms with Crippen LogP contribution in [0.15, 0.2) is 35.5 Å². The molecule has 214 valence electrons. The normalized spacial score (nSPS) is 27.2. The first-order chi connectivity index (χ1) is 18.3. The van der Waals surface area contributed by atoms with Gasteiger partial charge >= 0.3 is 0 Å². The lowest BCUT2D eigenvalue weighted by molar-refractivity contribution is -0.193. The maximum Gasteiger partial charge on any atom is 0.255 e. The Morgan fingerprint density at radius 1 is 1.28 bits per heavy atom. The number of carbonyl (C=O) groups excluding carboxylic acids is 3. The smallest absolute Gasteiger partial charge is 0.255 e. The van der Waals surface area contributed by atoms with Crippen molar-refractivity contribution in [3.8, 4) is 0 Å². The van der Waals surface area contributed by atoms with Gasteiger partial charge in [0.25, 0.3) is 5.92 Å². The van der Waals surface area contributed by atoms with Gasteiger partial charge in [-0.3, -0.25) is 14.4 Å². The van der Waals surface area contributed by atoms with E-state index in [-0.39, 0.29) is 25.3 Å². The minimum atomic E-state index is -4.25. The topological polar surface area (TPSA) is 125 Å². The summed E-state index contributed by atoms with van der Waals surface area (Å²) >= 11 is 5.97. The standard InChI is InChI=1S/C25H30ClF3N4O5S/c1-39(37,38)20(27)11-17(9-14-7-8-30-23(14)35)32-24(36)22-19-6-5-18(12-25(19,28)29)33(22)21(34)13-31-16-4-2-3-15(26)10-16/h2-4,10-11,14,17-19,22,31H,5-9,12-13H2,1H3,(H,30,35)(H,32,36)/b20-11+/t14-,17+,18+,19+,22-/m0/s1. The molecule has 3 amide bonds. The molecule has 3 heterocycles. The van der Waals surface area contributed by atoms with E-state index in [0.29, 0.717) is 42.4 Å². The first kappa shape index (κ1) is 29.2. The molecule has 5 atom stereocenters. The fourth-order valence-electron chi connectivity index (χ4n) is 5.63. The predicted molar refractivity (Wildman–Crippen MR) is 138 cm³/mol. The van der Waals surface area contributed by atoms with E-state index in [1.54, 1.807) is 24.3 Å². The Bertz CT molecular complexity index is 1280. The molecule has 1 aromatic rings. The van der Waals surface area contributed by atoms with Crippen LogP contribution >= 0.6 is 11.6 Å². The third-order valence-corrected chi connectivity index (χ3v) is 8.56. The van der Waals surface area contributed by atoms with E-state index in [1.165, 1.54) is 0 Å². The Morgan fingerprint density at radius 2 is 2.03 bits per heavy atom. The van der Waals surface area contributed by atoms with Gasteiger partial charge in [0.05, 0.1) is 18.5 Å². The summed E-state index contributed by atoms with van der Waals surface area (Å²) in [5, 5.41) is 6.88. The maximum atomic E-state index is 15.0. The number of piperidine rings is 2. The van der Waals surface area contributed by atoms with Crippen molar-refractivity contribution in [2.24, 2.45) is 11.8 Å². The molecule has 3 N–H and O–H groups in total. The molecule has 1 saturated carbocycles. The van der Waals surface area contributed by atoms with Crippen molar-refractivity contribution >= 4 is 44.8 Å². The van der Waals surface area contributed by atoms with Crippen molar-refractivity contribution in [3.63, 3.8) is 0 Å². The van der Waals surface area contributed by atoms with Gasteiger partial charge < -0.3 is 20.9 Å². The number of nitrogens with one attached hydrogen (secondary N) is 3. The number of anilines is 1. The van der Waals surface area contributed by atoms with Gasteiger partial charge in [-0.15, -0.1) is 0 Å². The van der Waals surface area contributed by atoms with Gasteiger partial charge in [0.2, 0.25) is 32.7 Å². The monoisotopic (exact) mass is 590 g/mol. The Hall–Kier alpha value is -2.80. The molecule has 1 aliphatic carbocycles. The van der Waals surface area contributed by atoms with E-state index >= 15 is 0 Å². The number of amides is 3. The average Bonchev–Trinajstić information content (AvgIpc) is 3.25. The van der Waals surface area contributed by atoms with E-state index in [4.69, 9.17) is 11.6 Å². The fraction of sp³-hybridized carbons (Fsp3) is 0.560. The van der Waals surface area contributed by atoms with Gasteiger partial charge in [0.15, 0.2) is 0 Å². The molecule has 0 aromatic heterocycles. The quantitative estimate of drug-likeness (QED) is 0.406. The number of benzene rings is 1. The van der Waals surface area contributed by atoms with Crippen molar-refractivity contribution in [3.05, 3.63) is 40.5 Å². The number of rotatable bonds is 9. The van der Waals surface area contributed by atoms with E-state index < -0.39 is 69.1 Å². The van der Waals surface area contributed by atoms with Crippen LogP contribution in [0.2, 0.25) is 5.02 Å². The van der Waals surface area contributed by atoms with Crippen molar-refractivity contribution < 1.29 is 36.0 Å². The van der Waals surface area contributed by atoms with Gasteiger partial charge in [-0.2, -0.15) is 4.39 Å². The summed E-state index contributed by atoms with van der Waals surface area (Å²) in [5.41, 5.74) is 0.528. The number of nitrogens with zero attached hydrogens (tertiary/aromatic N) is 1. The van der Waals surface area contributed by atoms with Crippen LogP contribution in [0, 0.1) is 11.8 Å². The van der Waals surface area contributed by atoms with E-state index in [2.05, 4.69) is 16.0 Å². The number of hydrogen-bond donors (Lipinski definition) is 3. The molecule has 0 spiro atoms. The Morgan fingerprint density at radius 3 is 2.64 bits per heavy atom. The zero-order valence-corrected chi connectivity index (χ0v) is 22.7. The van der Waals surface area contributed by atoms with E-state index in [9.17, 15) is 36.0 Å². The Labute approximate surface area is 229 Å². The molecule has 0 radical (unpaired) electrons. The lowest BCUT2D eigenvalue weighted by Gasteiger charge is -2.53. The molecule has 3 aliphatic heterocycles. The molecule has 3 saturated heterocycles. The maximum absolute atomic E-state index is 15.0. The van der Waals surface area contributed by atoms with Crippen LogP contribution in [-0.4, -0.2) is 74.4 Å². The number of carbonyl (C=O) groups is 3. The van der Waals surface area contributed by atoms with Crippen LogP contribution in [0.25, 0.3) is 0 Å². The molecule has 1 aromatic carbocycles. The van der Waals surface area contributed by atoms with Gasteiger partial charge in [0.1, 0.15) is 6.04 Å². The minimum absolute atomic E-state index is 0.00446. The summed E-state index contributed by atoms with van der Waals surface area (Å²) in [6.07, 6.45) is 1.27. The Balaban J connectivity index is 1.58. The first-order valence-corrected chi connectivity index (χ1v) is 14.9. The SMILES string of the molecule is CS(=O)(=O)/C(F)=C/[C@@H](C[C@@H]1CCNC1=O)NC(=O)[C@@H]1[C@H]2CC[C@H](CC2(F)F)N1C(=O)CNc1cccc(Cl)c1. The van der Waals surface area contributed by atoms with Gasteiger partial charge in [-0.25, -0.2) is 17.2 Å². The molecule has 39 heavy (non-hydrogen) atoms. The molecule has 4 fully saturated rings. The highest BCUT2D eigenvalue weighted by atomic mass is 35.5.